The highest BCUT2D eigenvalue weighted by atomic mass is 16.7. The normalized spacial score (nSPS) is 17.3. The third-order valence-electron chi connectivity index (χ3n) is 4.32. The molecule has 2 aromatic rings. The predicted octanol–water partition coefficient (Wildman–Crippen LogP) is 0.502. The van der Waals surface area contributed by atoms with Crippen LogP contribution in [-0.4, -0.2) is 63.7 Å². The first-order valence-electron chi connectivity index (χ1n) is 7.95. The van der Waals surface area contributed by atoms with Crippen LogP contribution in [0, 0.1) is 0 Å². The van der Waals surface area contributed by atoms with Gasteiger partial charge in [0.2, 0.25) is 6.79 Å². The van der Waals surface area contributed by atoms with Crippen molar-refractivity contribution >= 4 is 5.91 Å². The fourth-order valence-corrected chi connectivity index (χ4v) is 3.01. The minimum absolute atomic E-state index is 0.0502. The van der Waals surface area contributed by atoms with Gasteiger partial charge in [0.05, 0.1) is 6.20 Å². The first kappa shape index (κ1) is 14.9. The highest BCUT2D eigenvalue weighted by Gasteiger charge is 2.24. The number of ether oxygens (including phenoxy) is 2. The molecule has 1 amide bonds. The first-order chi connectivity index (χ1) is 11.7. The van der Waals surface area contributed by atoms with Crippen molar-refractivity contribution in [3.05, 3.63) is 35.7 Å². The number of carbonyl (C=O) groups excluding carboxylic acids is 1. The number of benzene rings is 1. The standard InChI is InChI=1S/C16H19N5O3/c1-19-17-9-13(18-19)16(22)21-6-4-20(5-7-21)10-12-2-3-14-15(8-12)24-11-23-14/h2-3,8-9H,4-7,10-11H2,1H3. The van der Waals surface area contributed by atoms with E-state index in [-0.39, 0.29) is 5.91 Å². The summed E-state index contributed by atoms with van der Waals surface area (Å²) >= 11 is 0. The Morgan fingerprint density at radius 1 is 1.17 bits per heavy atom. The van der Waals surface area contributed by atoms with Crippen molar-refractivity contribution in [3.63, 3.8) is 0 Å². The summed E-state index contributed by atoms with van der Waals surface area (Å²) in [6, 6.07) is 6.04. The summed E-state index contributed by atoms with van der Waals surface area (Å²) in [5, 5.41) is 8.04. The molecule has 0 N–H and O–H groups in total. The molecular formula is C16H19N5O3. The van der Waals surface area contributed by atoms with E-state index in [1.807, 2.05) is 17.0 Å². The second kappa shape index (κ2) is 6.12. The molecule has 126 valence electrons. The van der Waals surface area contributed by atoms with Crippen LogP contribution in [0.3, 0.4) is 0 Å². The average Bonchev–Trinajstić information content (AvgIpc) is 3.23. The number of piperazine rings is 1. The number of fused-ring (bicyclic) bond motifs is 1. The van der Waals surface area contributed by atoms with Crippen molar-refractivity contribution in [2.45, 2.75) is 6.54 Å². The topological polar surface area (TPSA) is 72.7 Å². The van der Waals surface area contributed by atoms with Crippen molar-refractivity contribution in [1.82, 2.24) is 24.8 Å². The molecule has 0 unspecified atom stereocenters. The van der Waals surface area contributed by atoms with E-state index in [4.69, 9.17) is 9.47 Å². The summed E-state index contributed by atoms with van der Waals surface area (Å²) in [5.41, 5.74) is 1.59. The van der Waals surface area contributed by atoms with Crippen LogP contribution < -0.4 is 9.47 Å². The molecule has 0 atom stereocenters. The molecule has 0 bridgehead atoms. The molecule has 0 radical (unpaired) electrons. The zero-order valence-electron chi connectivity index (χ0n) is 13.5. The van der Waals surface area contributed by atoms with Gasteiger partial charge in [-0.15, -0.1) is 5.10 Å². The third-order valence-corrected chi connectivity index (χ3v) is 4.32. The molecule has 24 heavy (non-hydrogen) atoms. The van der Waals surface area contributed by atoms with E-state index in [0.29, 0.717) is 25.6 Å². The highest BCUT2D eigenvalue weighted by Crippen LogP contribution is 2.32. The van der Waals surface area contributed by atoms with Crippen molar-refractivity contribution in [2.75, 3.05) is 33.0 Å². The molecule has 2 aliphatic heterocycles. The van der Waals surface area contributed by atoms with E-state index in [2.05, 4.69) is 21.2 Å². The van der Waals surface area contributed by atoms with Crippen molar-refractivity contribution < 1.29 is 14.3 Å². The Kier molecular flexibility index (Phi) is 3.81. The fraction of sp³-hybridized carbons (Fsp3) is 0.438. The number of carbonyl (C=O) groups is 1. The zero-order valence-corrected chi connectivity index (χ0v) is 13.5. The SMILES string of the molecule is Cn1ncc(C(=O)N2CCN(Cc3ccc4c(c3)OCO4)CC2)n1. The van der Waals surface area contributed by atoms with Crippen molar-refractivity contribution in [3.8, 4) is 11.5 Å². The third kappa shape index (κ3) is 2.92. The molecule has 2 aliphatic rings. The van der Waals surface area contributed by atoms with Gasteiger partial charge in [-0.1, -0.05) is 6.07 Å². The molecule has 3 heterocycles. The number of nitrogens with zero attached hydrogens (tertiary/aromatic N) is 5. The van der Waals surface area contributed by atoms with Gasteiger partial charge in [0, 0.05) is 39.8 Å². The van der Waals surface area contributed by atoms with Crippen LogP contribution >= 0.6 is 0 Å². The molecule has 4 rings (SSSR count). The molecular weight excluding hydrogens is 310 g/mol. The Balaban J connectivity index is 1.34. The molecule has 0 saturated carbocycles. The van der Waals surface area contributed by atoms with Gasteiger partial charge in [-0.2, -0.15) is 9.90 Å². The largest absolute Gasteiger partial charge is 0.454 e. The summed E-state index contributed by atoms with van der Waals surface area (Å²) in [5.74, 6) is 1.56. The van der Waals surface area contributed by atoms with E-state index >= 15 is 0 Å². The van der Waals surface area contributed by atoms with Crippen LogP contribution in [0.2, 0.25) is 0 Å². The summed E-state index contributed by atoms with van der Waals surface area (Å²) in [4.78, 5) is 17.9. The summed E-state index contributed by atoms with van der Waals surface area (Å²) < 4.78 is 10.8. The van der Waals surface area contributed by atoms with Gasteiger partial charge in [0.1, 0.15) is 0 Å². The minimum atomic E-state index is -0.0502. The van der Waals surface area contributed by atoms with E-state index in [1.54, 1.807) is 7.05 Å². The van der Waals surface area contributed by atoms with Gasteiger partial charge in [0.15, 0.2) is 17.2 Å². The molecule has 1 saturated heterocycles. The number of rotatable bonds is 3. The molecule has 8 heteroatoms. The molecule has 1 aromatic carbocycles. The van der Waals surface area contributed by atoms with Gasteiger partial charge in [-0.25, -0.2) is 0 Å². The smallest absolute Gasteiger partial charge is 0.276 e. The Morgan fingerprint density at radius 2 is 1.96 bits per heavy atom. The maximum absolute atomic E-state index is 12.4. The van der Waals surface area contributed by atoms with E-state index in [1.165, 1.54) is 16.6 Å². The first-order valence-corrected chi connectivity index (χ1v) is 7.95. The van der Waals surface area contributed by atoms with Crippen LogP contribution in [-0.2, 0) is 13.6 Å². The average molecular weight is 329 g/mol. The van der Waals surface area contributed by atoms with Gasteiger partial charge in [-0.3, -0.25) is 9.69 Å². The lowest BCUT2D eigenvalue weighted by Crippen LogP contribution is -2.48. The van der Waals surface area contributed by atoms with Gasteiger partial charge in [0.25, 0.3) is 5.91 Å². The Bertz CT molecular complexity index is 752. The lowest BCUT2D eigenvalue weighted by atomic mass is 10.1. The maximum Gasteiger partial charge on any atom is 0.276 e. The number of aryl methyl sites for hydroxylation is 1. The van der Waals surface area contributed by atoms with Crippen LogP contribution in [0.15, 0.2) is 24.4 Å². The van der Waals surface area contributed by atoms with Crippen molar-refractivity contribution in [1.29, 1.82) is 0 Å². The van der Waals surface area contributed by atoms with Crippen LogP contribution in [0.5, 0.6) is 11.5 Å². The van der Waals surface area contributed by atoms with Crippen molar-refractivity contribution in [2.24, 2.45) is 7.05 Å². The molecule has 8 nitrogen and oxygen atoms in total. The van der Waals surface area contributed by atoms with Gasteiger partial charge < -0.3 is 14.4 Å². The predicted molar refractivity (Wildman–Crippen MR) is 84.7 cm³/mol. The number of hydrogen-bond donors (Lipinski definition) is 0. The quantitative estimate of drug-likeness (QED) is 0.817. The van der Waals surface area contributed by atoms with Gasteiger partial charge in [-0.05, 0) is 17.7 Å². The summed E-state index contributed by atoms with van der Waals surface area (Å²) in [7, 11) is 1.71. The van der Waals surface area contributed by atoms with Crippen LogP contribution in [0.4, 0.5) is 0 Å². The second-order valence-electron chi connectivity index (χ2n) is 5.98. The zero-order chi connectivity index (χ0) is 16.5. The lowest BCUT2D eigenvalue weighted by molar-refractivity contribution is 0.0622. The number of hydrogen-bond acceptors (Lipinski definition) is 6. The monoisotopic (exact) mass is 329 g/mol. The Labute approximate surface area is 139 Å². The minimum Gasteiger partial charge on any atom is -0.454 e. The Hall–Kier alpha value is -2.61. The Morgan fingerprint density at radius 3 is 2.71 bits per heavy atom. The molecule has 1 aromatic heterocycles. The number of amides is 1. The second-order valence-corrected chi connectivity index (χ2v) is 5.98. The van der Waals surface area contributed by atoms with E-state index in [9.17, 15) is 4.79 Å². The number of aromatic nitrogens is 3. The maximum atomic E-state index is 12.4. The lowest BCUT2D eigenvalue weighted by Gasteiger charge is -2.34. The molecule has 0 aliphatic carbocycles. The van der Waals surface area contributed by atoms with Gasteiger partial charge >= 0.3 is 0 Å². The molecule has 1 fully saturated rings. The van der Waals surface area contributed by atoms with Crippen LogP contribution in [0.25, 0.3) is 0 Å². The van der Waals surface area contributed by atoms with E-state index < -0.39 is 0 Å². The molecule has 0 spiro atoms. The van der Waals surface area contributed by atoms with Crippen LogP contribution in [0.1, 0.15) is 16.1 Å². The fourth-order valence-electron chi connectivity index (χ4n) is 3.01. The highest BCUT2D eigenvalue weighted by molar-refractivity contribution is 5.91. The van der Waals surface area contributed by atoms with E-state index in [0.717, 1.165) is 31.1 Å². The summed E-state index contributed by atoms with van der Waals surface area (Å²) in [6.45, 7) is 4.19. The summed E-state index contributed by atoms with van der Waals surface area (Å²) in [6.07, 6.45) is 1.52.